The molecule has 0 saturated carbocycles. The van der Waals surface area contributed by atoms with Crippen LogP contribution in [0.15, 0.2) is 48.5 Å². The minimum atomic E-state index is -4.39. The van der Waals surface area contributed by atoms with Crippen molar-refractivity contribution in [3.05, 3.63) is 54.1 Å². The lowest BCUT2D eigenvalue weighted by Gasteiger charge is -2.10. The number of carbonyl (C=O) groups excluding carboxylic acids is 1. The van der Waals surface area contributed by atoms with Crippen LogP contribution in [0.2, 0.25) is 0 Å². The van der Waals surface area contributed by atoms with E-state index in [2.05, 4.69) is 10.1 Å². The topological polar surface area (TPSA) is 47.6 Å². The molecule has 0 fully saturated rings. The molecular weight excluding hydrogens is 311 g/mol. The zero-order valence-corrected chi connectivity index (χ0v) is 12.2. The van der Waals surface area contributed by atoms with E-state index in [4.69, 9.17) is 4.74 Å². The number of ether oxygens (including phenoxy) is 2. The van der Waals surface area contributed by atoms with Crippen LogP contribution in [-0.2, 0) is 0 Å². The molecule has 0 aliphatic heterocycles. The summed E-state index contributed by atoms with van der Waals surface area (Å²) in [7, 11) is 1.50. The van der Waals surface area contributed by atoms with Crippen LogP contribution in [0.25, 0.3) is 0 Å². The maximum absolute atomic E-state index is 12.1. The Morgan fingerprint density at radius 3 is 2.39 bits per heavy atom. The fourth-order valence-corrected chi connectivity index (χ4v) is 1.77. The van der Waals surface area contributed by atoms with E-state index in [0.717, 1.165) is 0 Å². The smallest absolute Gasteiger partial charge is 0.422 e. The number of nitrogens with one attached hydrogen (secondary N) is 1. The van der Waals surface area contributed by atoms with Crippen molar-refractivity contribution in [1.82, 2.24) is 0 Å². The Labute approximate surface area is 130 Å². The lowest BCUT2D eigenvalue weighted by molar-refractivity contribution is -0.153. The van der Waals surface area contributed by atoms with E-state index in [1.165, 1.54) is 31.4 Å². The zero-order chi connectivity index (χ0) is 16.9. The van der Waals surface area contributed by atoms with Gasteiger partial charge in [-0.3, -0.25) is 4.79 Å². The number of hydrogen-bond acceptors (Lipinski definition) is 3. The molecule has 1 amide bonds. The summed E-state index contributed by atoms with van der Waals surface area (Å²) >= 11 is 0. The maximum atomic E-state index is 12.1. The molecule has 1 N–H and O–H groups in total. The number of halogens is 3. The third-order valence-corrected chi connectivity index (χ3v) is 2.85. The average molecular weight is 325 g/mol. The Hall–Kier alpha value is -2.70. The maximum Gasteiger partial charge on any atom is 0.422 e. The molecule has 0 spiro atoms. The standard InChI is InChI=1S/C16H14F3NO3/c1-22-14-4-2-3-11(9-14)15(21)20-12-5-7-13(8-6-12)23-10-16(17,18)19/h2-9H,10H2,1H3,(H,20,21). The zero-order valence-electron chi connectivity index (χ0n) is 12.2. The molecule has 0 aromatic heterocycles. The molecule has 23 heavy (non-hydrogen) atoms. The number of rotatable bonds is 5. The van der Waals surface area contributed by atoms with E-state index in [1.54, 1.807) is 24.3 Å². The van der Waals surface area contributed by atoms with Gasteiger partial charge >= 0.3 is 6.18 Å². The predicted octanol–water partition coefficient (Wildman–Crippen LogP) is 3.89. The first-order valence-corrected chi connectivity index (χ1v) is 6.62. The number of alkyl halides is 3. The molecule has 2 aromatic rings. The van der Waals surface area contributed by atoms with Crippen LogP contribution in [0.4, 0.5) is 18.9 Å². The van der Waals surface area contributed by atoms with Crippen molar-refractivity contribution in [1.29, 1.82) is 0 Å². The normalized spacial score (nSPS) is 11.0. The second-order valence-corrected chi connectivity index (χ2v) is 4.61. The molecule has 122 valence electrons. The third-order valence-electron chi connectivity index (χ3n) is 2.85. The van der Waals surface area contributed by atoms with Gasteiger partial charge in [0, 0.05) is 11.3 Å². The van der Waals surface area contributed by atoms with Crippen LogP contribution in [0.1, 0.15) is 10.4 Å². The van der Waals surface area contributed by atoms with Crippen LogP contribution in [0, 0.1) is 0 Å². The van der Waals surface area contributed by atoms with Gasteiger partial charge in [-0.1, -0.05) is 6.07 Å². The van der Waals surface area contributed by atoms with Crippen molar-refractivity contribution in [3.8, 4) is 11.5 Å². The lowest BCUT2D eigenvalue weighted by Crippen LogP contribution is -2.19. The van der Waals surface area contributed by atoms with Crippen molar-refractivity contribution in [2.45, 2.75) is 6.18 Å². The summed E-state index contributed by atoms with van der Waals surface area (Å²) in [5.41, 5.74) is 0.846. The number of benzene rings is 2. The van der Waals surface area contributed by atoms with E-state index < -0.39 is 12.8 Å². The quantitative estimate of drug-likeness (QED) is 0.907. The number of hydrogen-bond donors (Lipinski definition) is 1. The summed E-state index contributed by atoms with van der Waals surface area (Å²) in [5, 5.41) is 2.64. The van der Waals surface area contributed by atoms with Gasteiger partial charge in [-0.15, -0.1) is 0 Å². The second kappa shape index (κ2) is 7.04. The molecule has 2 aromatic carbocycles. The van der Waals surface area contributed by atoms with Gasteiger partial charge in [0.25, 0.3) is 5.91 Å². The van der Waals surface area contributed by atoms with Crippen molar-refractivity contribution < 1.29 is 27.4 Å². The van der Waals surface area contributed by atoms with Crippen LogP contribution >= 0.6 is 0 Å². The number of carbonyl (C=O) groups is 1. The largest absolute Gasteiger partial charge is 0.497 e. The monoisotopic (exact) mass is 325 g/mol. The molecule has 0 saturated heterocycles. The van der Waals surface area contributed by atoms with Gasteiger partial charge in [0.15, 0.2) is 6.61 Å². The van der Waals surface area contributed by atoms with E-state index in [9.17, 15) is 18.0 Å². The summed E-state index contributed by atoms with van der Waals surface area (Å²) in [6, 6.07) is 12.2. The molecule has 7 heteroatoms. The Morgan fingerprint density at radius 2 is 1.78 bits per heavy atom. The molecule has 2 rings (SSSR count). The first-order chi connectivity index (χ1) is 10.9. The van der Waals surface area contributed by atoms with Crippen LogP contribution < -0.4 is 14.8 Å². The Kier molecular flexibility index (Phi) is 5.10. The predicted molar refractivity (Wildman–Crippen MR) is 78.9 cm³/mol. The van der Waals surface area contributed by atoms with Gasteiger partial charge in [0.05, 0.1) is 7.11 Å². The van der Waals surface area contributed by atoms with Gasteiger partial charge in [0.2, 0.25) is 0 Å². The highest BCUT2D eigenvalue weighted by atomic mass is 19.4. The summed E-state index contributed by atoms with van der Waals surface area (Å²) < 4.78 is 45.8. The molecule has 0 aliphatic carbocycles. The lowest BCUT2D eigenvalue weighted by atomic mass is 10.2. The fourth-order valence-electron chi connectivity index (χ4n) is 1.77. The molecule has 0 bridgehead atoms. The van der Waals surface area contributed by atoms with E-state index >= 15 is 0 Å². The first kappa shape index (κ1) is 16.7. The Balaban J connectivity index is 1.98. The van der Waals surface area contributed by atoms with Gasteiger partial charge in [-0.05, 0) is 42.5 Å². The Bertz CT molecular complexity index is 669. The van der Waals surface area contributed by atoms with Crippen molar-refractivity contribution >= 4 is 11.6 Å². The van der Waals surface area contributed by atoms with Crippen LogP contribution in [0.3, 0.4) is 0 Å². The van der Waals surface area contributed by atoms with Crippen LogP contribution in [-0.4, -0.2) is 25.8 Å². The number of anilines is 1. The van der Waals surface area contributed by atoms with Gasteiger partial charge < -0.3 is 14.8 Å². The summed E-state index contributed by atoms with van der Waals surface area (Å²) in [6.07, 6.45) is -4.39. The molecule has 0 aliphatic rings. The highest BCUT2D eigenvalue weighted by Gasteiger charge is 2.28. The van der Waals surface area contributed by atoms with Crippen molar-refractivity contribution in [2.75, 3.05) is 19.0 Å². The van der Waals surface area contributed by atoms with Gasteiger partial charge in [-0.25, -0.2) is 0 Å². The van der Waals surface area contributed by atoms with E-state index in [-0.39, 0.29) is 11.7 Å². The van der Waals surface area contributed by atoms with Gasteiger partial charge in [-0.2, -0.15) is 13.2 Å². The SMILES string of the molecule is COc1cccc(C(=O)Nc2ccc(OCC(F)(F)F)cc2)c1. The minimum Gasteiger partial charge on any atom is -0.497 e. The van der Waals surface area contributed by atoms with Gasteiger partial charge in [0.1, 0.15) is 11.5 Å². The average Bonchev–Trinajstić information content (AvgIpc) is 2.53. The van der Waals surface area contributed by atoms with E-state index in [0.29, 0.717) is 17.0 Å². The van der Waals surface area contributed by atoms with Crippen molar-refractivity contribution in [2.24, 2.45) is 0 Å². The molecule has 0 heterocycles. The second-order valence-electron chi connectivity index (χ2n) is 4.61. The molecular formula is C16H14F3NO3. The minimum absolute atomic E-state index is 0.0710. The van der Waals surface area contributed by atoms with Crippen LogP contribution in [0.5, 0.6) is 11.5 Å². The Morgan fingerprint density at radius 1 is 1.09 bits per heavy atom. The highest BCUT2D eigenvalue weighted by molar-refractivity contribution is 6.04. The first-order valence-electron chi connectivity index (χ1n) is 6.62. The number of methoxy groups -OCH3 is 1. The molecule has 0 unspecified atom stereocenters. The number of amides is 1. The third kappa shape index (κ3) is 5.21. The van der Waals surface area contributed by atoms with E-state index in [1.807, 2.05) is 0 Å². The summed E-state index contributed by atoms with van der Waals surface area (Å²) in [4.78, 5) is 12.1. The molecule has 0 atom stereocenters. The van der Waals surface area contributed by atoms with Crippen molar-refractivity contribution in [3.63, 3.8) is 0 Å². The fraction of sp³-hybridized carbons (Fsp3) is 0.188. The highest BCUT2D eigenvalue weighted by Crippen LogP contribution is 2.21. The summed E-state index contributed by atoms with van der Waals surface area (Å²) in [6.45, 7) is -1.36. The molecule has 4 nitrogen and oxygen atoms in total. The summed E-state index contributed by atoms with van der Waals surface area (Å²) in [5.74, 6) is 0.267. The molecule has 0 radical (unpaired) electrons.